The zero-order valence-corrected chi connectivity index (χ0v) is 20.3. The predicted octanol–water partition coefficient (Wildman–Crippen LogP) is 6.68. The minimum absolute atomic E-state index is 0.0702. The van der Waals surface area contributed by atoms with Gasteiger partial charge in [-0.05, 0) is 35.4 Å². The predicted molar refractivity (Wildman–Crippen MR) is 142 cm³/mol. The summed E-state index contributed by atoms with van der Waals surface area (Å²) in [6.07, 6.45) is 0.373. The number of ketones is 1. The van der Waals surface area contributed by atoms with Crippen LogP contribution in [0.5, 0.6) is 0 Å². The van der Waals surface area contributed by atoms with Crippen LogP contribution in [0.4, 0.5) is 0 Å². The first-order valence-electron chi connectivity index (χ1n) is 11.8. The maximum Gasteiger partial charge on any atom is 0.341 e. The van der Waals surface area contributed by atoms with E-state index in [1.807, 2.05) is 91.0 Å². The molecule has 0 saturated heterocycles. The Morgan fingerprint density at radius 3 is 2.03 bits per heavy atom. The topological polar surface area (TPSA) is 55.7 Å². The van der Waals surface area contributed by atoms with Crippen LogP contribution < -0.4 is 0 Å². The van der Waals surface area contributed by atoms with E-state index in [2.05, 4.69) is 0 Å². The molecule has 0 spiro atoms. The number of esters is 1. The minimum atomic E-state index is -1.33. The molecule has 0 amide bonds. The molecule has 0 aliphatic carbocycles. The van der Waals surface area contributed by atoms with Crippen LogP contribution in [-0.2, 0) is 16.0 Å². The van der Waals surface area contributed by atoms with Crippen molar-refractivity contribution in [2.24, 2.45) is 4.99 Å². The van der Waals surface area contributed by atoms with Gasteiger partial charge >= 0.3 is 5.97 Å². The fourth-order valence-corrected chi connectivity index (χ4v) is 4.80. The largest absolute Gasteiger partial charge is 0.405 e. The van der Waals surface area contributed by atoms with E-state index in [1.165, 1.54) is 0 Å². The number of Topliss-reactive ketones (excluding diaryl/α,β-unsaturated/α-hetero) is 1. The Morgan fingerprint density at radius 2 is 1.39 bits per heavy atom. The third kappa shape index (κ3) is 4.86. The molecule has 0 aromatic heterocycles. The molecule has 4 aromatic rings. The highest BCUT2D eigenvalue weighted by Gasteiger charge is 2.53. The Kier molecular flexibility index (Phi) is 6.79. The van der Waals surface area contributed by atoms with E-state index in [0.717, 1.165) is 11.1 Å². The number of rotatable bonds is 8. The standard InChI is InChI=1S/C31H24ClNO3/c32-26-18-16-23(17-19-26)27(20-28(34)24-12-6-2-7-13-24)31(21-22-10-4-1-5-11-22)30(35)36-29(33-31)25-14-8-3-9-15-25/h1-19,27H,20-21H2/t27-,31-/m1/s1. The zero-order chi connectivity index (χ0) is 25.0. The molecule has 4 nitrogen and oxygen atoms in total. The van der Waals surface area contributed by atoms with Crippen LogP contribution in [0.3, 0.4) is 0 Å². The fourth-order valence-electron chi connectivity index (χ4n) is 4.68. The van der Waals surface area contributed by atoms with E-state index in [9.17, 15) is 9.59 Å². The third-order valence-electron chi connectivity index (χ3n) is 6.52. The highest BCUT2D eigenvalue weighted by molar-refractivity contribution is 6.30. The van der Waals surface area contributed by atoms with E-state index in [4.69, 9.17) is 21.3 Å². The van der Waals surface area contributed by atoms with Crippen LogP contribution in [0, 0.1) is 0 Å². The van der Waals surface area contributed by atoms with Gasteiger partial charge in [0, 0.05) is 34.9 Å². The summed E-state index contributed by atoms with van der Waals surface area (Å²) in [6.45, 7) is 0. The molecule has 1 heterocycles. The molecule has 0 N–H and O–H groups in total. The molecule has 1 aliphatic heterocycles. The zero-order valence-electron chi connectivity index (χ0n) is 19.5. The summed E-state index contributed by atoms with van der Waals surface area (Å²) in [5.41, 5.74) is 1.70. The molecule has 178 valence electrons. The monoisotopic (exact) mass is 493 g/mol. The van der Waals surface area contributed by atoms with Gasteiger partial charge in [-0.2, -0.15) is 0 Å². The number of hydrogen-bond acceptors (Lipinski definition) is 4. The van der Waals surface area contributed by atoms with Gasteiger partial charge in [-0.1, -0.05) is 103 Å². The Bertz CT molecular complexity index is 1390. The number of hydrogen-bond donors (Lipinski definition) is 0. The van der Waals surface area contributed by atoms with Crippen molar-refractivity contribution in [1.29, 1.82) is 0 Å². The molecule has 5 rings (SSSR count). The van der Waals surface area contributed by atoms with E-state index < -0.39 is 17.4 Å². The number of ether oxygens (including phenoxy) is 1. The molecular formula is C31H24ClNO3. The van der Waals surface area contributed by atoms with Crippen LogP contribution in [0.1, 0.15) is 39.4 Å². The summed E-state index contributed by atoms with van der Waals surface area (Å²) in [4.78, 5) is 32.3. The smallest absolute Gasteiger partial charge is 0.341 e. The number of halogens is 1. The van der Waals surface area contributed by atoms with Gasteiger partial charge in [0.05, 0.1) is 0 Å². The van der Waals surface area contributed by atoms with Crippen molar-refractivity contribution in [3.63, 3.8) is 0 Å². The molecule has 2 atom stereocenters. The highest BCUT2D eigenvalue weighted by Crippen LogP contribution is 2.43. The molecule has 0 unspecified atom stereocenters. The first kappa shape index (κ1) is 23.7. The molecule has 1 aliphatic rings. The van der Waals surface area contributed by atoms with E-state index in [1.54, 1.807) is 24.3 Å². The van der Waals surface area contributed by atoms with Gasteiger partial charge in [0.2, 0.25) is 5.90 Å². The summed E-state index contributed by atoms with van der Waals surface area (Å²) < 4.78 is 5.82. The maximum atomic E-state index is 13.8. The van der Waals surface area contributed by atoms with Gasteiger partial charge in [0.15, 0.2) is 11.3 Å². The third-order valence-corrected chi connectivity index (χ3v) is 6.77. The quantitative estimate of drug-likeness (QED) is 0.203. The maximum absolute atomic E-state index is 13.8. The number of benzene rings is 4. The lowest BCUT2D eigenvalue weighted by molar-refractivity contribution is -0.139. The fraction of sp³-hybridized carbons (Fsp3) is 0.129. The Morgan fingerprint density at radius 1 is 0.806 bits per heavy atom. The molecule has 36 heavy (non-hydrogen) atoms. The lowest BCUT2D eigenvalue weighted by Gasteiger charge is -2.32. The molecule has 4 aromatic carbocycles. The molecule has 0 radical (unpaired) electrons. The van der Waals surface area contributed by atoms with Crippen LogP contribution in [0.15, 0.2) is 120 Å². The van der Waals surface area contributed by atoms with Gasteiger partial charge < -0.3 is 4.74 Å². The van der Waals surface area contributed by atoms with Crippen molar-refractivity contribution < 1.29 is 14.3 Å². The van der Waals surface area contributed by atoms with E-state index in [0.29, 0.717) is 22.6 Å². The van der Waals surface area contributed by atoms with Crippen LogP contribution in [0.2, 0.25) is 5.02 Å². The van der Waals surface area contributed by atoms with Gasteiger partial charge in [-0.3, -0.25) is 4.79 Å². The molecule has 0 bridgehead atoms. The second-order valence-corrected chi connectivity index (χ2v) is 9.29. The molecule has 0 saturated carbocycles. The van der Waals surface area contributed by atoms with Gasteiger partial charge in [0.25, 0.3) is 0 Å². The second-order valence-electron chi connectivity index (χ2n) is 8.86. The summed E-state index contributed by atoms with van der Waals surface area (Å²) in [5.74, 6) is -0.843. The van der Waals surface area contributed by atoms with Crippen molar-refractivity contribution in [2.75, 3.05) is 0 Å². The average molecular weight is 494 g/mol. The van der Waals surface area contributed by atoms with Gasteiger partial charge in [0.1, 0.15) is 0 Å². The summed E-state index contributed by atoms with van der Waals surface area (Å²) >= 11 is 6.19. The second kappa shape index (κ2) is 10.3. The lowest BCUT2D eigenvalue weighted by Crippen LogP contribution is -2.43. The lowest BCUT2D eigenvalue weighted by atomic mass is 9.73. The highest BCUT2D eigenvalue weighted by atomic mass is 35.5. The number of nitrogens with zero attached hydrogens (tertiary/aromatic N) is 1. The van der Waals surface area contributed by atoms with Crippen molar-refractivity contribution in [2.45, 2.75) is 24.3 Å². The van der Waals surface area contributed by atoms with Crippen LogP contribution in [0.25, 0.3) is 0 Å². The van der Waals surface area contributed by atoms with Crippen LogP contribution in [-0.4, -0.2) is 23.2 Å². The number of carbonyl (C=O) groups is 2. The first-order chi connectivity index (χ1) is 17.5. The van der Waals surface area contributed by atoms with Gasteiger partial charge in [-0.25, -0.2) is 9.79 Å². The Labute approximate surface area is 215 Å². The molecule has 5 heteroatoms. The van der Waals surface area contributed by atoms with Crippen molar-refractivity contribution in [3.8, 4) is 0 Å². The number of carbonyl (C=O) groups excluding carboxylic acids is 2. The Balaban J connectivity index is 1.66. The summed E-state index contributed by atoms with van der Waals surface area (Å²) in [7, 11) is 0. The van der Waals surface area contributed by atoms with E-state index in [-0.39, 0.29) is 18.1 Å². The van der Waals surface area contributed by atoms with E-state index >= 15 is 0 Å². The minimum Gasteiger partial charge on any atom is -0.405 e. The van der Waals surface area contributed by atoms with Crippen molar-refractivity contribution in [1.82, 2.24) is 0 Å². The van der Waals surface area contributed by atoms with Crippen molar-refractivity contribution in [3.05, 3.63) is 143 Å². The Hall–Kier alpha value is -4.02. The summed E-state index contributed by atoms with van der Waals surface area (Å²) in [6, 6.07) is 35.5. The van der Waals surface area contributed by atoms with Crippen LogP contribution >= 0.6 is 11.6 Å². The summed E-state index contributed by atoms with van der Waals surface area (Å²) in [5, 5.41) is 0.575. The normalized spacial score (nSPS) is 17.8. The molecule has 0 fully saturated rings. The number of cyclic esters (lactones) is 1. The number of aliphatic imine (C=N–C) groups is 1. The van der Waals surface area contributed by atoms with Gasteiger partial charge in [-0.15, -0.1) is 0 Å². The first-order valence-corrected chi connectivity index (χ1v) is 12.2. The SMILES string of the molecule is O=C(C[C@H](c1ccc(Cl)cc1)[C@@]1(Cc2ccccc2)N=C(c2ccccc2)OC1=O)c1ccccc1. The average Bonchev–Trinajstić information content (AvgIpc) is 3.25. The molecular weight excluding hydrogens is 470 g/mol. The van der Waals surface area contributed by atoms with Crippen molar-refractivity contribution >= 4 is 29.3 Å².